The lowest BCUT2D eigenvalue weighted by Crippen LogP contribution is -2.45. The van der Waals surface area contributed by atoms with E-state index in [1.807, 2.05) is 18.2 Å². The summed E-state index contributed by atoms with van der Waals surface area (Å²) >= 11 is 0. The Bertz CT molecular complexity index is 790. The zero-order valence-corrected chi connectivity index (χ0v) is 16.8. The van der Waals surface area contributed by atoms with E-state index in [4.69, 9.17) is 0 Å². The second-order valence-electron chi connectivity index (χ2n) is 7.26. The predicted octanol–water partition coefficient (Wildman–Crippen LogP) is 2.63. The number of halogens is 1. The van der Waals surface area contributed by atoms with Gasteiger partial charge in [-0.25, -0.2) is 4.39 Å². The Morgan fingerprint density at radius 3 is 2.39 bits per heavy atom. The van der Waals surface area contributed by atoms with Crippen molar-refractivity contribution >= 4 is 11.9 Å². The van der Waals surface area contributed by atoms with Gasteiger partial charge < -0.3 is 16.0 Å². The maximum Gasteiger partial charge on any atom is 0.224 e. The minimum atomic E-state index is -0.333. The molecular formula is C22H29FN4O. The highest BCUT2D eigenvalue weighted by atomic mass is 19.1. The van der Waals surface area contributed by atoms with Gasteiger partial charge in [0.2, 0.25) is 5.91 Å². The first-order valence-corrected chi connectivity index (χ1v) is 9.42. The summed E-state index contributed by atoms with van der Waals surface area (Å²) in [5.74, 6) is 0.212. The van der Waals surface area contributed by atoms with Crippen LogP contribution in [0.25, 0.3) is 0 Å². The number of nitrogens with zero attached hydrogens (tertiary/aromatic N) is 1. The molecule has 0 aromatic heterocycles. The van der Waals surface area contributed by atoms with Crippen molar-refractivity contribution in [2.75, 3.05) is 26.7 Å². The number of hydrogen-bond acceptors (Lipinski definition) is 2. The molecule has 0 atom stereocenters. The van der Waals surface area contributed by atoms with Crippen LogP contribution in [0.2, 0.25) is 0 Å². The van der Waals surface area contributed by atoms with Crippen molar-refractivity contribution in [3.63, 3.8) is 0 Å². The standard InChI is InChI=1S/C22H29FN4O/c1-22(2,18-9-5-4-6-10-18)16-27-21(24-3)26-13-12-25-20(28)15-17-8-7-11-19(23)14-17/h4-11,14H,12-13,15-16H2,1-3H3,(H,25,28)(H2,24,26,27). The number of carbonyl (C=O) groups is 1. The normalized spacial score (nSPS) is 11.8. The molecule has 2 aromatic rings. The molecule has 28 heavy (non-hydrogen) atoms. The van der Waals surface area contributed by atoms with Crippen LogP contribution in [0.1, 0.15) is 25.0 Å². The van der Waals surface area contributed by atoms with Crippen LogP contribution < -0.4 is 16.0 Å². The summed E-state index contributed by atoms with van der Waals surface area (Å²) in [4.78, 5) is 16.2. The summed E-state index contributed by atoms with van der Waals surface area (Å²) in [5.41, 5.74) is 1.87. The van der Waals surface area contributed by atoms with E-state index >= 15 is 0 Å². The Labute approximate surface area is 166 Å². The summed E-state index contributed by atoms with van der Waals surface area (Å²) in [5, 5.41) is 9.33. The van der Waals surface area contributed by atoms with E-state index < -0.39 is 0 Å². The Balaban J connectivity index is 1.70. The minimum absolute atomic E-state index is 0.0436. The van der Waals surface area contributed by atoms with Crippen LogP contribution in [-0.2, 0) is 16.6 Å². The summed E-state index contributed by atoms with van der Waals surface area (Å²) in [7, 11) is 1.72. The topological polar surface area (TPSA) is 65.5 Å². The molecule has 5 nitrogen and oxygen atoms in total. The van der Waals surface area contributed by atoms with Gasteiger partial charge in [-0.15, -0.1) is 0 Å². The van der Waals surface area contributed by atoms with E-state index in [0.717, 1.165) is 6.54 Å². The molecule has 6 heteroatoms. The smallest absolute Gasteiger partial charge is 0.224 e. The van der Waals surface area contributed by atoms with Crippen molar-refractivity contribution in [2.45, 2.75) is 25.7 Å². The Kier molecular flexibility index (Phi) is 7.99. The monoisotopic (exact) mass is 384 g/mol. The first-order valence-electron chi connectivity index (χ1n) is 9.42. The molecule has 2 aromatic carbocycles. The first kappa shape index (κ1) is 21.4. The highest BCUT2D eigenvalue weighted by molar-refractivity contribution is 5.80. The average Bonchev–Trinajstić information content (AvgIpc) is 2.68. The molecule has 2 rings (SSSR count). The van der Waals surface area contributed by atoms with Gasteiger partial charge in [0.25, 0.3) is 0 Å². The van der Waals surface area contributed by atoms with E-state index in [0.29, 0.717) is 24.6 Å². The fourth-order valence-corrected chi connectivity index (χ4v) is 2.79. The van der Waals surface area contributed by atoms with Gasteiger partial charge in [-0.05, 0) is 23.3 Å². The Morgan fingerprint density at radius 2 is 1.71 bits per heavy atom. The van der Waals surface area contributed by atoms with E-state index in [1.54, 1.807) is 19.2 Å². The van der Waals surface area contributed by atoms with Gasteiger partial charge in [-0.3, -0.25) is 9.79 Å². The Hall–Kier alpha value is -2.89. The van der Waals surface area contributed by atoms with Crippen molar-refractivity contribution in [1.29, 1.82) is 0 Å². The lowest BCUT2D eigenvalue weighted by molar-refractivity contribution is -0.120. The van der Waals surface area contributed by atoms with Gasteiger partial charge in [-0.1, -0.05) is 56.3 Å². The number of carbonyl (C=O) groups excluding carboxylic acids is 1. The molecular weight excluding hydrogens is 355 g/mol. The van der Waals surface area contributed by atoms with Gasteiger partial charge in [-0.2, -0.15) is 0 Å². The van der Waals surface area contributed by atoms with Crippen molar-refractivity contribution in [3.05, 3.63) is 71.5 Å². The third-order valence-corrected chi connectivity index (χ3v) is 4.47. The van der Waals surface area contributed by atoms with Crippen LogP contribution in [0, 0.1) is 5.82 Å². The number of rotatable bonds is 8. The van der Waals surface area contributed by atoms with E-state index in [1.165, 1.54) is 17.7 Å². The van der Waals surface area contributed by atoms with Gasteiger partial charge in [0.15, 0.2) is 5.96 Å². The van der Waals surface area contributed by atoms with Crippen LogP contribution in [0.4, 0.5) is 4.39 Å². The van der Waals surface area contributed by atoms with Gasteiger partial charge in [0, 0.05) is 32.1 Å². The maximum absolute atomic E-state index is 13.2. The van der Waals surface area contributed by atoms with Crippen molar-refractivity contribution < 1.29 is 9.18 Å². The highest BCUT2D eigenvalue weighted by Gasteiger charge is 2.20. The van der Waals surface area contributed by atoms with Crippen LogP contribution in [0.3, 0.4) is 0 Å². The molecule has 0 heterocycles. The molecule has 1 amide bonds. The molecule has 0 spiro atoms. The fourth-order valence-electron chi connectivity index (χ4n) is 2.79. The van der Waals surface area contributed by atoms with Gasteiger partial charge in [0.05, 0.1) is 6.42 Å². The zero-order valence-electron chi connectivity index (χ0n) is 16.8. The first-order chi connectivity index (χ1) is 13.4. The Morgan fingerprint density at radius 1 is 1.00 bits per heavy atom. The molecule has 150 valence electrons. The molecule has 0 aliphatic carbocycles. The molecule has 0 unspecified atom stereocenters. The predicted molar refractivity (Wildman–Crippen MR) is 112 cm³/mol. The summed E-state index contributed by atoms with van der Waals surface area (Å²) in [6.45, 7) is 6.07. The number of aliphatic imine (C=N–C) groups is 1. The van der Waals surface area contributed by atoms with E-state index in [-0.39, 0.29) is 23.6 Å². The molecule has 0 fully saturated rings. The molecule has 0 bridgehead atoms. The molecule has 0 aliphatic heterocycles. The van der Waals surface area contributed by atoms with E-state index in [2.05, 4.69) is 46.9 Å². The van der Waals surface area contributed by atoms with Crippen molar-refractivity contribution in [2.24, 2.45) is 4.99 Å². The van der Waals surface area contributed by atoms with E-state index in [9.17, 15) is 9.18 Å². The third-order valence-electron chi connectivity index (χ3n) is 4.47. The number of nitrogens with one attached hydrogen (secondary N) is 3. The third kappa shape index (κ3) is 7.02. The lowest BCUT2D eigenvalue weighted by atomic mass is 9.85. The molecule has 3 N–H and O–H groups in total. The fraction of sp³-hybridized carbons (Fsp3) is 0.364. The summed E-state index contributed by atoms with van der Waals surface area (Å²) in [6, 6.07) is 16.4. The van der Waals surface area contributed by atoms with Gasteiger partial charge >= 0.3 is 0 Å². The van der Waals surface area contributed by atoms with Crippen LogP contribution in [0.5, 0.6) is 0 Å². The number of guanidine groups is 1. The zero-order chi connectivity index (χ0) is 20.4. The highest BCUT2D eigenvalue weighted by Crippen LogP contribution is 2.21. The lowest BCUT2D eigenvalue weighted by Gasteiger charge is -2.26. The number of benzene rings is 2. The molecule has 0 radical (unpaired) electrons. The number of hydrogen-bond donors (Lipinski definition) is 3. The molecule has 0 aliphatic rings. The molecule has 0 saturated carbocycles. The maximum atomic E-state index is 13.2. The van der Waals surface area contributed by atoms with Crippen molar-refractivity contribution in [1.82, 2.24) is 16.0 Å². The summed E-state index contributed by atoms with van der Waals surface area (Å²) < 4.78 is 13.2. The largest absolute Gasteiger partial charge is 0.356 e. The second kappa shape index (κ2) is 10.4. The second-order valence-corrected chi connectivity index (χ2v) is 7.26. The van der Waals surface area contributed by atoms with Gasteiger partial charge in [0.1, 0.15) is 5.82 Å². The van der Waals surface area contributed by atoms with Crippen LogP contribution in [0.15, 0.2) is 59.6 Å². The van der Waals surface area contributed by atoms with Crippen LogP contribution >= 0.6 is 0 Å². The average molecular weight is 384 g/mol. The minimum Gasteiger partial charge on any atom is -0.356 e. The van der Waals surface area contributed by atoms with Crippen LogP contribution in [-0.4, -0.2) is 38.5 Å². The SMILES string of the molecule is CN=C(NCCNC(=O)Cc1cccc(F)c1)NCC(C)(C)c1ccccc1. The summed E-state index contributed by atoms with van der Waals surface area (Å²) in [6.07, 6.45) is 0.163. The quantitative estimate of drug-likeness (QED) is 0.372. The number of amides is 1. The van der Waals surface area contributed by atoms with Crippen molar-refractivity contribution in [3.8, 4) is 0 Å². The molecule has 0 saturated heterocycles.